The Morgan fingerprint density at radius 1 is 1.29 bits per heavy atom. The van der Waals surface area contributed by atoms with E-state index >= 15 is 0 Å². The van der Waals surface area contributed by atoms with Gasteiger partial charge in [-0.05, 0) is 43.5 Å². The lowest BCUT2D eigenvalue weighted by molar-refractivity contribution is 0.304. The van der Waals surface area contributed by atoms with Crippen LogP contribution in [0.5, 0.6) is 0 Å². The summed E-state index contributed by atoms with van der Waals surface area (Å²) in [5.74, 6) is 0. The van der Waals surface area contributed by atoms with Crippen molar-refractivity contribution in [3.8, 4) is 0 Å². The summed E-state index contributed by atoms with van der Waals surface area (Å²) in [5.41, 5.74) is 9.63. The van der Waals surface area contributed by atoms with Gasteiger partial charge in [0.15, 0.2) is 0 Å². The average molecular weight is 250 g/mol. The van der Waals surface area contributed by atoms with E-state index in [4.69, 9.17) is 18.0 Å². The van der Waals surface area contributed by atoms with E-state index in [1.807, 2.05) is 0 Å². The number of hydrogen-bond donors (Lipinski definition) is 1. The van der Waals surface area contributed by atoms with Crippen molar-refractivity contribution in [2.75, 3.05) is 13.1 Å². The van der Waals surface area contributed by atoms with E-state index in [1.54, 1.807) is 0 Å². The van der Waals surface area contributed by atoms with Crippen molar-refractivity contribution < 1.29 is 0 Å². The summed E-state index contributed by atoms with van der Waals surface area (Å²) < 4.78 is 0. The molecule has 0 aliphatic carbocycles. The summed E-state index contributed by atoms with van der Waals surface area (Å²) in [7, 11) is 0. The maximum Gasteiger partial charge on any atom is 0.0870 e. The number of benzene rings is 1. The van der Waals surface area contributed by atoms with Crippen LogP contribution >= 0.6 is 12.2 Å². The molecular formula is C14H22N2S. The van der Waals surface area contributed by atoms with Gasteiger partial charge < -0.3 is 5.73 Å². The van der Waals surface area contributed by atoms with Gasteiger partial charge in [-0.3, -0.25) is 4.90 Å². The summed E-state index contributed by atoms with van der Waals surface area (Å²) in [6.07, 6.45) is 1.12. The normalized spacial score (nSPS) is 10.8. The highest BCUT2D eigenvalue weighted by Crippen LogP contribution is 2.12. The van der Waals surface area contributed by atoms with E-state index in [0.717, 1.165) is 19.5 Å². The molecule has 0 atom stereocenters. The molecule has 0 fully saturated rings. The predicted octanol–water partition coefficient (Wildman–Crippen LogP) is 2.80. The highest BCUT2D eigenvalue weighted by atomic mass is 32.1. The first-order valence-electron chi connectivity index (χ1n) is 6.09. The molecule has 1 aromatic rings. The fraction of sp³-hybridized carbons (Fsp3) is 0.500. The predicted molar refractivity (Wildman–Crippen MR) is 78.3 cm³/mol. The summed E-state index contributed by atoms with van der Waals surface area (Å²) in [5, 5.41) is 0. The Morgan fingerprint density at radius 2 is 2.00 bits per heavy atom. The summed E-state index contributed by atoms with van der Waals surface area (Å²) >= 11 is 4.98. The number of nitrogens with two attached hydrogens (primary N) is 1. The van der Waals surface area contributed by atoms with E-state index < -0.39 is 0 Å². The van der Waals surface area contributed by atoms with Gasteiger partial charge in [0.05, 0.1) is 4.99 Å². The summed E-state index contributed by atoms with van der Waals surface area (Å²) in [6.45, 7) is 9.12. The molecule has 0 unspecified atom stereocenters. The van der Waals surface area contributed by atoms with Crippen molar-refractivity contribution in [1.82, 2.24) is 4.90 Å². The van der Waals surface area contributed by atoms with Gasteiger partial charge in [-0.15, -0.1) is 0 Å². The van der Waals surface area contributed by atoms with Gasteiger partial charge in [-0.25, -0.2) is 0 Å². The van der Waals surface area contributed by atoms with Crippen molar-refractivity contribution >= 4 is 17.2 Å². The number of aryl methyl sites for hydroxylation is 2. The maximum atomic E-state index is 5.62. The molecule has 3 heteroatoms. The number of thiocarbonyl (C=S) groups is 1. The van der Waals surface area contributed by atoms with Crippen molar-refractivity contribution in [2.24, 2.45) is 5.73 Å². The molecule has 2 N–H and O–H groups in total. The average Bonchev–Trinajstić information content (AvgIpc) is 2.23. The van der Waals surface area contributed by atoms with Gasteiger partial charge in [0.2, 0.25) is 0 Å². The monoisotopic (exact) mass is 250 g/mol. The van der Waals surface area contributed by atoms with Gasteiger partial charge in [0.1, 0.15) is 0 Å². The van der Waals surface area contributed by atoms with Crippen LogP contribution in [0, 0.1) is 13.8 Å². The maximum absolute atomic E-state index is 5.62. The van der Waals surface area contributed by atoms with E-state index in [0.29, 0.717) is 11.5 Å². The Bertz CT molecular complexity index is 388. The summed E-state index contributed by atoms with van der Waals surface area (Å²) in [6, 6.07) is 6.61. The zero-order valence-electron chi connectivity index (χ0n) is 11.0. The molecule has 94 valence electrons. The second-order valence-corrected chi connectivity index (χ2v) is 5.12. The molecule has 0 aromatic heterocycles. The molecule has 0 amide bonds. The van der Waals surface area contributed by atoms with Crippen molar-refractivity contribution in [3.05, 3.63) is 34.9 Å². The lowest BCUT2D eigenvalue weighted by Gasteiger charge is -2.21. The Balaban J connectivity index is 2.71. The van der Waals surface area contributed by atoms with Crippen LogP contribution in [0.1, 0.15) is 30.0 Å². The van der Waals surface area contributed by atoms with Crippen molar-refractivity contribution in [2.45, 2.75) is 33.7 Å². The van der Waals surface area contributed by atoms with E-state index in [9.17, 15) is 0 Å². The Morgan fingerprint density at radius 3 is 2.53 bits per heavy atom. The van der Waals surface area contributed by atoms with Crippen molar-refractivity contribution in [3.63, 3.8) is 0 Å². The Labute approximate surface area is 110 Å². The standard InChI is InChI=1S/C14H22N2S/c1-4-7-16(10-14(15)17)9-13-6-5-11(2)12(3)8-13/h5-6,8H,4,7,9-10H2,1-3H3,(H2,15,17). The third-order valence-corrected chi connectivity index (χ3v) is 3.03. The van der Waals surface area contributed by atoms with E-state index in [2.05, 4.69) is 43.9 Å². The first kappa shape index (κ1) is 14.1. The fourth-order valence-electron chi connectivity index (χ4n) is 1.91. The molecule has 0 saturated carbocycles. The highest BCUT2D eigenvalue weighted by Gasteiger charge is 2.06. The number of nitrogens with zero attached hydrogens (tertiary/aromatic N) is 1. The third-order valence-electron chi connectivity index (χ3n) is 2.90. The molecule has 0 radical (unpaired) electrons. The minimum absolute atomic E-state index is 0.572. The van der Waals surface area contributed by atoms with Crippen LogP contribution in [0.3, 0.4) is 0 Å². The summed E-state index contributed by atoms with van der Waals surface area (Å²) in [4.78, 5) is 2.87. The molecule has 2 nitrogen and oxygen atoms in total. The smallest absolute Gasteiger partial charge is 0.0870 e. The van der Waals surface area contributed by atoms with E-state index in [1.165, 1.54) is 16.7 Å². The van der Waals surface area contributed by atoms with Gasteiger partial charge in [0.25, 0.3) is 0 Å². The number of rotatable bonds is 6. The molecule has 0 heterocycles. The Hall–Kier alpha value is -0.930. The molecule has 0 bridgehead atoms. The van der Waals surface area contributed by atoms with Crippen LogP contribution in [0.4, 0.5) is 0 Å². The Kier molecular flexibility index (Phi) is 5.59. The second-order valence-electron chi connectivity index (χ2n) is 4.60. The highest BCUT2D eigenvalue weighted by molar-refractivity contribution is 7.80. The third kappa shape index (κ3) is 4.84. The molecule has 1 rings (SSSR count). The largest absolute Gasteiger partial charge is 0.392 e. The van der Waals surface area contributed by atoms with Gasteiger partial charge >= 0.3 is 0 Å². The van der Waals surface area contributed by atoms with Gasteiger partial charge in [0, 0.05) is 13.1 Å². The molecule has 17 heavy (non-hydrogen) atoms. The second kappa shape index (κ2) is 6.72. The molecule has 0 saturated heterocycles. The van der Waals surface area contributed by atoms with Crippen LogP contribution in [-0.4, -0.2) is 23.0 Å². The zero-order valence-corrected chi connectivity index (χ0v) is 11.8. The molecule has 1 aromatic carbocycles. The SMILES string of the molecule is CCCN(CC(N)=S)Cc1ccc(C)c(C)c1. The lowest BCUT2D eigenvalue weighted by atomic mass is 10.1. The van der Waals surface area contributed by atoms with Crippen LogP contribution < -0.4 is 5.73 Å². The van der Waals surface area contributed by atoms with Crippen LogP contribution in [0.15, 0.2) is 18.2 Å². The van der Waals surface area contributed by atoms with Crippen LogP contribution in [0.25, 0.3) is 0 Å². The first-order valence-corrected chi connectivity index (χ1v) is 6.50. The molecule has 0 spiro atoms. The van der Waals surface area contributed by atoms with Crippen LogP contribution in [-0.2, 0) is 6.54 Å². The quantitative estimate of drug-likeness (QED) is 0.787. The van der Waals surface area contributed by atoms with Crippen LogP contribution in [0.2, 0.25) is 0 Å². The lowest BCUT2D eigenvalue weighted by Crippen LogP contribution is -2.32. The molecule has 0 aliphatic rings. The molecular weight excluding hydrogens is 228 g/mol. The zero-order chi connectivity index (χ0) is 12.8. The minimum Gasteiger partial charge on any atom is -0.392 e. The first-order chi connectivity index (χ1) is 8.02. The molecule has 0 aliphatic heterocycles. The van der Waals surface area contributed by atoms with Crippen molar-refractivity contribution in [1.29, 1.82) is 0 Å². The van der Waals surface area contributed by atoms with Gasteiger partial charge in [-0.1, -0.05) is 37.3 Å². The van der Waals surface area contributed by atoms with E-state index in [-0.39, 0.29) is 0 Å². The van der Waals surface area contributed by atoms with Gasteiger partial charge in [-0.2, -0.15) is 0 Å². The topological polar surface area (TPSA) is 29.3 Å². The fourth-order valence-corrected chi connectivity index (χ4v) is 2.09. The minimum atomic E-state index is 0.572. The number of hydrogen-bond acceptors (Lipinski definition) is 2.